The fourth-order valence-electron chi connectivity index (χ4n) is 3.85. The Morgan fingerprint density at radius 2 is 2.14 bits per heavy atom. The molecule has 3 aliphatic rings. The van der Waals surface area contributed by atoms with Crippen molar-refractivity contribution in [1.82, 2.24) is 5.32 Å². The lowest BCUT2D eigenvalue weighted by atomic mass is 9.97. The van der Waals surface area contributed by atoms with Gasteiger partial charge in [0, 0.05) is 23.0 Å². The fourth-order valence-corrected chi connectivity index (χ4v) is 7.52. The fraction of sp³-hybridized carbons (Fsp3) is 0.500. The first-order valence-electron chi connectivity index (χ1n) is 9.77. The van der Waals surface area contributed by atoms with Crippen molar-refractivity contribution in [1.29, 1.82) is 0 Å². The number of allylic oxidation sites excluding steroid dienone is 1. The van der Waals surface area contributed by atoms with Gasteiger partial charge in [-0.15, -0.1) is 0 Å². The Kier molecular flexibility index (Phi) is 5.78. The number of hydrogen-bond acceptors (Lipinski definition) is 6. The summed E-state index contributed by atoms with van der Waals surface area (Å²) in [4.78, 5) is 16.9. The number of benzene rings is 1. The Labute approximate surface area is 170 Å². The lowest BCUT2D eigenvalue weighted by Crippen LogP contribution is -2.25. The Hall–Kier alpha value is -1.80. The van der Waals surface area contributed by atoms with Gasteiger partial charge < -0.3 is 10.6 Å². The maximum atomic E-state index is 12.4. The average molecular weight is 420 g/mol. The van der Waals surface area contributed by atoms with Crippen LogP contribution in [0, 0.1) is 0 Å². The second kappa shape index (κ2) is 8.29. The maximum absolute atomic E-state index is 12.4. The molecule has 150 valence electrons. The number of sulfone groups is 1. The van der Waals surface area contributed by atoms with Gasteiger partial charge in [-0.25, -0.2) is 8.42 Å². The molecule has 6 nitrogen and oxygen atoms in total. The molecule has 4 rings (SSSR count). The predicted molar refractivity (Wildman–Crippen MR) is 115 cm³/mol. The molecule has 1 aliphatic carbocycles. The first-order chi connectivity index (χ1) is 13.5. The molecule has 1 aromatic carbocycles. The zero-order valence-corrected chi connectivity index (χ0v) is 17.3. The van der Waals surface area contributed by atoms with E-state index in [1.807, 2.05) is 18.2 Å². The highest BCUT2D eigenvalue weighted by molar-refractivity contribution is 8.15. The third-order valence-electron chi connectivity index (χ3n) is 5.31. The lowest BCUT2D eigenvalue weighted by molar-refractivity contribution is 0.0954. The largest absolute Gasteiger partial charge is 0.352 e. The summed E-state index contributed by atoms with van der Waals surface area (Å²) in [7, 11) is -2.95. The van der Waals surface area contributed by atoms with Crippen LogP contribution in [0.1, 0.15) is 42.5 Å². The molecular weight excluding hydrogens is 394 g/mol. The average Bonchev–Trinajstić information content (AvgIpc) is 3.15. The number of carbonyl (C=O) groups excluding carboxylic acids is 1. The Morgan fingerprint density at radius 1 is 1.25 bits per heavy atom. The van der Waals surface area contributed by atoms with Crippen molar-refractivity contribution in [3.8, 4) is 0 Å². The molecule has 2 aliphatic heterocycles. The van der Waals surface area contributed by atoms with E-state index in [0.29, 0.717) is 12.1 Å². The number of carbonyl (C=O) groups is 1. The van der Waals surface area contributed by atoms with Gasteiger partial charge >= 0.3 is 0 Å². The molecule has 8 heteroatoms. The second-order valence-electron chi connectivity index (χ2n) is 7.55. The number of thioether (sulfide) groups is 1. The van der Waals surface area contributed by atoms with E-state index in [-0.39, 0.29) is 28.7 Å². The molecule has 0 spiro atoms. The van der Waals surface area contributed by atoms with Crippen molar-refractivity contribution in [3.05, 3.63) is 41.5 Å². The number of hydrogen-bond donors (Lipinski definition) is 2. The quantitative estimate of drug-likeness (QED) is 0.717. The molecule has 28 heavy (non-hydrogen) atoms. The maximum Gasteiger partial charge on any atom is 0.251 e. The van der Waals surface area contributed by atoms with Crippen molar-refractivity contribution in [2.24, 2.45) is 4.99 Å². The van der Waals surface area contributed by atoms with E-state index in [9.17, 15) is 13.2 Å². The summed E-state index contributed by atoms with van der Waals surface area (Å²) in [5.74, 6) is 0.244. The molecule has 1 saturated heterocycles. The molecule has 2 heterocycles. The van der Waals surface area contributed by atoms with Crippen LogP contribution in [0.4, 0.5) is 5.69 Å². The summed E-state index contributed by atoms with van der Waals surface area (Å²) in [5.41, 5.74) is 2.84. The van der Waals surface area contributed by atoms with E-state index in [4.69, 9.17) is 0 Å². The van der Waals surface area contributed by atoms with Crippen LogP contribution < -0.4 is 10.6 Å². The van der Waals surface area contributed by atoms with Crippen molar-refractivity contribution >= 4 is 38.4 Å². The summed E-state index contributed by atoms with van der Waals surface area (Å²) in [5, 5.41) is 6.96. The highest BCUT2D eigenvalue weighted by atomic mass is 32.2. The summed E-state index contributed by atoms with van der Waals surface area (Å²) in [6.45, 7) is 0.655. The van der Waals surface area contributed by atoms with Gasteiger partial charge in [0.2, 0.25) is 0 Å². The number of rotatable bonds is 5. The van der Waals surface area contributed by atoms with Gasteiger partial charge in [0.25, 0.3) is 5.91 Å². The number of fused-ring (bicyclic) bond motifs is 1. The van der Waals surface area contributed by atoms with Gasteiger partial charge in [0.1, 0.15) is 0 Å². The molecule has 2 atom stereocenters. The van der Waals surface area contributed by atoms with Crippen LogP contribution >= 0.6 is 11.8 Å². The molecule has 1 amide bonds. The summed E-state index contributed by atoms with van der Waals surface area (Å²) in [6, 6.07) is 7.18. The number of amidine groups is 1. The third-order valence-corrected chi connectivity index (χ3v) is 8.45. The standard InChI is InChI=1S/C20H25N3O3S2/c24-19(21-10-9-14-5-2-1-3-6-14)15-7-4-8-16(11-15)22-20-23-17-12-28(25,26)13-18(17)27-20/h4-5,7-8,11,17-18H,1-3,6,9-10,12-13H2,(H,21,24)(H,22,23)/t17-,18-/m0/s1. The predicted octanol–water partition coefficient (Wildman–Crippen LogP) is 2.99. The van der Waals surface area contributed by atoms with Crippen molar-refractivity contribution in [2.75, 3.05) is 23.4 Å². The minimum atomic E-state index is -2.95. The summed E-state index contributed by atoms with van der Waals surface area (Å²) >= 11 is 1.48. The molecule has 1 fully saturated rings. The van der Waals surface area contributed by atoms with Crippen LogP contribution in [0.15, 0.2) is 40.9 Å². The van der Waals surface area contributed by atoms with Gasteiger partial charge in [0.15, 0.2) is 15.0 Å². The number of amides is 1. The van der Waals surface area contributed by atoms with Crippen LogP contribution in [0.2, 0.25) is 0 Å². The number of nitrogens with zero attached hydrogens (tertiary/aromatic N) is 1. The van der Waals surface area contributed by atoms with Crippen LogP contribution in [0.5, 0.6) is 0 Å². The van der Waals surface area contributed by atoms with Crippen LogP contribution in [0.25, 0.3) is 0 Å². The van der Waals surface area contributed by atoms with Gasteiger partial charge in [0.05, 0.1) is 17.5 Å². The zero-order chi connectivity index (χ0) is 19.6. The van der Waals surface area contributed by atoms with Crippen molar-refractivity contribution in [2.45, 2.75) is 43.4 Å². The Bertz CT molecular complexity index is 924. The van der Waals surface area contributed by atoms with Gasteiger partial charge in [-0.1, -0.05) is 29.5 Å². The van der Waals surface area contributed by atoms with E-state index in [1.165, 1.54) is 30.2 Å². The monoisotopic (exact) mass is 419 g/mol. The van der Waals surface area contributed by atoms with Crippen LogP contribution in [-0.2, 0) is 9.84 Å². The van der Waals surface area contributed by atoms with Crippen LogP contribution in [-0.4, -0.2) is 48.8 Å². The summed E-state index contributed by atoms with van der Waals surface area (Å²) < 4.78 is 23.3. The van der Waals surface area contributed by atoms with Gasteiger partial charge in [-0.3, -0.25) is 9.79 Å². The molecule has 0 aromatic heterocycles. The topological polar surface area (TPSA) is 87.6 Å². The Morgan fingerprint density at radius 3 is 2.93 bits per heavy atom. The van der Waals surface area contributed by atoms with E-state index in [2.05, 4.69) is 21.7 Å². The molecule has 0 unspecified atom stereocenters. The molecular formula is C20H25N3O3S2. The highest BCUT2D eigenvalue weighted by Gasteiger charge is 2.42. The molecule has 1 aromatic rings. The SMILES string of the molecule is O=C(NCCC1=CCCCC1)c1cccc(NC2=N[C@H]3CS(=O)(=O)C[C@@H]3S2)c1. The zero-order valence-electron chi connectivity index (χ0n) is 15.7. The number of anilines is 1. The van der Waals surface area contributed by atoms with E-state index < -0.39 is 9.84 Å². The molecule has 0 saturated carbocycles. The first kappa shape index (κ1) is 19.5. The van der Waals surface area contributed by atoms with E-state index in [1.54, 1.807) is 6.07 Å². The highest BCUT2D eigenvalue weighted by Crippen LogP contribution is 2.34. The van der Waals surface area contributed by atoms with Crippen molar-refractivity contribution < 1.29 is 13.2 Å². The Balaban J connectivity index is 1.32. The summed E-state index contributed by atoms with van der Waals surface area (Å²) in [6.07, 6.45) is 8.06. The normalized spacial score (nSPS) is 25.6. The van der Waals surface area contributed by atoms with Crippen molar-refractivity contribution in [3.63, 3.8) is 0 Å². The second-order valence-corrected chi connectivity index (χ2v) is 10.9. The van der Waals surface area contributed by atoms with E-state index in [0.717, 1.165) is 30.1 Å². The molecule has 2 N–H and O–H groups in total. The minimum Gasteiger partial charge on any atom is -0.352 e. The lowest BCUT2D eigenvalue weighted by Gasteiger charge is -2.13. The van der Waals surface area contributed by atoms with Crippen LogP contribution in [0.3, 0.4) is 0 Å². The molecule has 0 bridgehead atoms. The van der Waals surface area contributed by atoms with Gasteiger partial charge in [-0.05, 0) is 50.3 Å². The number of aliphatic imine (C=N–C) groups is 1. The first-order valence-corrected chi connectivity index (χ1v) is 12.5. The van der Waals surface area contributed by atoms with E-state index >= 15 is 0 Å². The van der Waals surface area contributed by atoms with Gasteiger partial charge in [-0.2, -0.15) is 0 Å². The number of nitrogens with one attached hydrogen (secondary N) is 2. The minimum absolute atomic E-state index is 0.00748. The smallest absolute Gasteiger partial charge is 0.251 e. The molecule has 0 radical (unpaired) electrons. The third kappa shape index (κ3) is 4.78.